The maximum Gasteiger partial charge on any atom is 0.326 e. The van der Waals surface area contributed by atoms with Crippen LogP contribution in [-0.4, -0.2) is 51.4 Å². The van der Waals surface area contributed by atoms with E-state index in [-0.39, 0.29) is 11.8 Å². The Kier molecular flexibility index (Phi) is 4.65. The van der Waals surface area contributed by atoms with Crippen LogP contribution in [0.5, 0.6) is 0 Å². The predicted octanol–water partition coefficient (Wildman–Crippen LogP) is 1.43. The van der Waals surface area contributed by atoms with Gasteiger partial charge in [-0.05, 0) is 31.9 Å². The van der Waals surface area contributed by atoms with E-state index in [1.54, 1.807) is 25.3 Å². The van der Waals surface area contributed by atoms with Crippen molar-refractivity contribution in [1.29, 1.82) is 0 Å². The molecule has 2 heterocycles. The number of carbonyl (C=O) groups excluding carboxylic acids is 2. The molecule has 0 radical (unpaired) electrons. The number of nitrogens with zero attached hydrogens (tertiary/aromatic N) is 2. The van der Waals surface area contributed by atoms with Gasteiger partial charge in [-0.25, -0.2) is 4.79 Å². The zero-order valence-electron chi connectivity index (χ0n) is 13.8. The number of hydrogen-bond donors (Lipinski definition) is 2. The number of carboxylic acid groups (broad SMARTS) is 1. The van der Waals surface area contributed by atoms with Crippen LogP contribution in [0.25, 0.3) is 10.9 Å². The molecule has 2 aromatic rings. The zero-order chi connectivity index (χ0) is 18.0. The number of carbonyl (C=O) groups is 3. The molecule has 3 rings (SSSR count). The van der Waals surface area contributed by atoms with Crippen LogP contribution in [0.15, 0.2) is 36.5 Å². The molecule has 1 aromatic carbocycles. The normalized spacial score (nSPS) is 18.1. The molecule has 0 aliphatic carbocycles. The molecule has 0 saturated carbocycles. The van der Waals surface area contributed by atoms with Crippen molar-refractivity contribution < 1.29 is 19.5 Å². The van der Waals surface area contributed by atoms with Gasteiger partial charge in [0.25, 0.3) is 5.91 Å². The van der Waals surface area contributed by atoms with Crippen LogP contribution in [0.4, 0.5) is 0 Å². The number of pyridine rings is 1. The number of aliphatic carboxylic acids is 1. The molecule has 0 spiro atoms. The van der Waals surface area contributed by atoms with E-state index in [4.69, 9.17) is 0 Å². The summed E-state index contributed by atoms with van der Waals surface area (Å²) in [6, 6.07) is 7.24. The number of hydrogen-bond acceptors (Lipinski definition) is 4. The summed E-state index contributed by atoms with van der Waals surface area (Å²) in [5, 5.41) is 12.6. The maximum atomic E-state index is 12.6. The minimum Gasteiger partial charge on any atom is -0.480 e. The first-order valence-corrected chi connectivity index (χ1v) is 8.17. The van der Waals surface area contributed by atoms with Crippen molar-refractivity contribution in [1.82, 2.24) is 15.2 Å². The molecule has 2 amide bonds. The molecule has 1 aliphatic heterocycles. The lowest BCUT2D eigenvalue weighted by molar-refractivity contribution is -0.148. The Balaban J connectivity index is 1.76. The Bertz CT molecular complexity index is 831. The number of likely N-dealkylation sites (tertiary alicyclic amines) is 1. The van der Waals surface area contributed by atoms with Gasteiger partial charge in [0, 0.05) is 18.1 Å². The van der Waals surface area contributed by atoms with Crippen molar-refractivity contribution in [2.75, 3.05) is 6.54 Å². The fraction of sp³-hybridized carbons (Fsp3) is 0.333. The minimum absolute atomic E-state index is 0.378. The third-order valence-corrected chi connectivity index (χ3v) is 4.43. The third kappa shape index (κ3) is 3.31. The first-order chi connectivity index (χ1) is 12.0. The Labute approximate surface area is 144 Å². The van der Waals surface area contributed by atoms with Gasteiger partial charge in [0.2, 0.25) is 5.91 Å². The molecule has 1 saturated heterocycles. The fourth-order valence-corrected chi connectivity index (χ4v) is 3.17. The fourth-order valence-electron chi connectivity index (χ4n) is 3.17. The molecular weight excluding hydrogens is 322 g/mol. The van der Waals surface area contributed by atoms with Crippen LogP contribution in [-0.2, 0) is 9.59 Å². The van der Waals surface area contributed by atoms with Crippen LogP contribution in [0.1, 0.15) is 30.1 Å². The van der Waals surface area contributed by atoms with Gasteiger partial charge in [-0.2, -0.15) is 0 Å². The van der Waals surface area contributed by atoms with Crippen molar-refractivity contribution in [2.24, 2.45) is 0 Å². The summed E-state index contributed by atoms with van der Waals surface area (Å²) < 4.78 is 0. The van der Waals surface area contributed by atoms with E-state index in [0.29, 0.717) is 35.9 Å². The Morgan fingerprint density at radius 2 is 2.04 bits per heavy atom. The SMILES string of the molecule is C[C@@H](NC(=O)c1ccnc2ccccc12)C(=O)N1CCC[C@H]1C(=O)O. The van der Waals surface area contributed by atoms with Crippen LogP contribution in [0.3, 0.4) is 0 Å². The van der Waals surface area contributed by atoms with Crippen LogP contribution >= 0.6 is 0 Å². The van der Waals surface area contributed by atoms with Gasteiger partial charge in [0.15, 0.2) is 0 Å². The summed E-state index contributed by atoms with van der Waals surface area (Å²) in [5.74, 6) is -1.77. The lowest BCUT2D eigenvalue weighted by Crippen LogP contribution is -2.50. The first kappa shape index (κ1) is 16.9. The van der Waals surface area contributed by atoms with E-state index in [0.717, 1.165) is 0 Å². The molecule has 1 aliphatic rings. The summed E-state index contributed by atoms with van der Waals surface area (Å²) in [6.45, 7) is 1.97. The molecule has 7 heteroatoms. The van der Waals surface area contributed by atoms with Gasteiger partial charge >= 0.3 is 5.97 Å². The Morgan fingerprint density at radius 1 is 1.28 bits per heavy atom. The third-order valence-electron chi connectivity index (χ3n) is 4.43. The number of amides is 2. The van der Waals surface area contributed by atoms with Gasteiger partial charge < -0.3 is 15.3 Å². The lowest BCUT2D eigenvalue weighted by Gasteiger charge is -2.25. The van der Waals surface area contributed by atoms with E-state index >= 15 is 0 Å². The molecule has 25 heavy (non-hydrogen) atoms. The maximum absolute atomic E-state index is 12.6. The van der Waals surface area contributed by atoms with Gasteiger partial charge in [0.1, 0.15) is 12.1 Å². The smallest absolute Gasteiger partial charge is 0.326 e. The van der Waals surface area contributed by atoms with Crippen molar-refractivity contribution >= 4 is 28.7 Å². The summed E-state index contributed by atoms with van der Waals surface area (Å²) in [5.41, 5.74) is 1.13. The van der Waals surface area contributed by atoms with Crippen LogP contribution in [0, 0.1) is 0 Å². The highest BCUT2D eigenvalue weighted by atomic mass is 16.4. The molecular formula is C18H19N3O4. The average Bonchev–Trinajstić information content (AvgIpc) is 3.10. The number of benzene rings is 1. The van der Waals surface area contributed by atoms with Gasteiger partial charge in [-0.3, -0.25) is 14.6 Å². The molecule has 7 nitrogen and oxygen atoms in total. The Morgan fingerprint density at radius 3 is 2.80 bits per heavy atom. The van der Waals surface area contributed by atoms with Gasteiger partial charge in [-0.1, -0.05) is 18.2 Å². The van der Waals surface area contributed by atoms with Gasteiger partial charge in [-0.15, -0.1) is 0 Å². The second-order valence-corrected chi connectivity index (χ2v) is 6.10. The second-order valence-electron chi connectivity index (χ2n) is 6.10. The summed E-state index contributed by atoms with van der Waals surface area (Å²) in [7, 11) is 0. The number of rotatable bonds is 4. The molecule has 1 fully saturated rings. The monoisotopic (exact) mass is 341 g/mol. The molecule has 0 bridgehead atoms. The summed E-state index contributed by atoms with van der Waals surface area (Å²) in [4.78, 5) is 41.9. The number of nitrogens with one attached hydrogen (secondary N) is 1. The van der Waals surface area contributed by atoms with E-state index in [2.05, 4.69) is 10.3 Å². The lowest BCUT2D eigenvalue weighted by atomic mass is 10.1. The van der Waals surface area contributed by atoms with Gasteiger partial charge in [0.05, 0.1) is 11.1 Å². The van der Waals surface area contributed by atoms with E-state index in [9.17, 15) is 19.5 Å². The topological polar surface area (TPSA) is 99.6 Å². The molecule has 130 valence electrons. The zero-order valence-corrected chi connectivity index (χ0v) is 13.8. The van der Waals surface area contributed by atoms with Crippen molar-refractivity contribution in [2.45, 2.75) is 31.8 Å². The van der Waals surface area contributed by atoms with E-state index in [1.807, 2.05) is 18.2 Å². The molecule has 1 aromatic heterocycles. The Hall–Kier alpha value is -2.96. The number of fused-ring (bicyclic) bond motifs is 1. The highest BCUT2D eigenvalue weighted by molar-refractivity contribution is 6.07. The average molecular weight is 341 g/mol. The number of para-hydroxylation sites is 1. The van der Waals surface area contributed by atoms with Crippen molar-refractivity contribution in [3.05, 3.63) is 42.1 Å². The highest BCUT2D eigenvalue weighted by Gasteiger charge is 2.36. The summed E-state index contributed by atoms with van der Waals surface area (Å²) >= 11 is 0. The first-order valence-electron chi connectivity index (χ1n) is 8.17. The van der Waals surface area contributed by atoms with Crippen LogP contribution < -0.4 is 5.32 Å². The summed E-state index contributed by atoms with van der Waals surface area (Å²) in [6.07, 6.45) is 2.64. The second kappa shape index (κ2) is 6.88. The highest BCUT2D eigenvalue weighted by Crippen LogP contribution is 2.19. The number of carboxylic acids is 1. The number of aromatic nitrogens is 1. The van der Waals surface area contributed by atoms with Crippen molar-refractivity contribution in [3.8, 4) is 0 Å². The minimum atomic E-state index is -1.01. The quantitative estimate of drug-likeness (QED) is 0.876. The standard InChI is InChI=1S/C18H19N3O4/c1-11(17(23)21-10-4-7-15(21)18(24)25)20-16(22)13-8-9-19-14-6-3-2-5-12(13)14/h2-3,5-6,8-9,11,15H,4,7,10H2,1H3,(H,20,22)(H,24,25)/t11-,15+/m1/s1. The van der Waals surface area contributed by atoms with Crippen molar-refractivity contribution in [3.63, 3.8) is 0 Å². The van der Waals surface area contributed by atoms with E-state index in [1.165, 1.54) is 4.90 Å². The largest absolute Gasteiger partial charge is 0.480 e. The predicted molar refractivity (Wildman–Crippen MR) is 91.0 cm³/mol. The molecule has 2 atom stereocenters. The molecule has 2 N–H and O–H groups in total. The van der Waals surface area contributed by atoms with Crippen LogP contribution in [0.2, 0.25) is 0 Å². The molecule has 0 unspecified atom stereocenters. The van der Waals surface area contributed by atoms with E-state index < -0.39 is 18.1 Å².